The highest BCUT2D eigenvalue weighted by molar-refractivity contribution is 6.15. The Kier molecular flexibility index (Phi) is 7.16. The lowest BCUT2D eigenvalue weighted by Gasteiger charge is -2.26. The van der Waals surface area contributed by atoms with E-state index >= 15 is 0 Å². The summed E-state index contributed by atoms with van der Waals surface area (Å²) in [6.45, 7) is 5.21. The minimum absolute atomic E-state index is 0.0728. The molecule has 0 amide bonds. The van der Waals surface area contributed by atoms with E-state index in [9.17, 15) is 14.3 Å². The number of hydrogen-bond donors (Lipinski definition) is 2. The number of aromatic amines is 1. The van der Waals surface area contributed by atoms with Crippen molar-refractivity contribution in [2.75, 3.05) is 32.9 Å². The predicted octanol–water partition coefficient (Wildman–Crippen LogP) is 4.37. The first-order valence-corrected chi connectivity index (χ1v) is 10.9. The van der Waals surface area contributed by atoms with Gasteiger partial charge in [-0.05, 0) is 48.9 Å². The van der Waals surface area contributed by atoms with Gasteiger partial charge in [0, 0.05) is 42.9 Å². The zero-order valence-corrected chi connectivity index (χ0v) is 18.4. The minimum atomic E-state index is -0.778. The van der Waals surface area contributed by atoms with Gasteiger partial charge in [0.1, 0.15) is 17.1 Å². The highest BCUT2D eigenvalue weighted by Crippen LogP contribution is 2.24. The number of carbonyl (C=O) groups excluding carboxylic acids is 1. The predicted molar refractivity (Wildman–Crippen MR) is 125 cm³/mol. The molecule has 0 atom stereocenters. The van der Waals surface area contributed by atoms with Crippen LogP contribution in [-0.2, 0) is 20.8 Å². The van der Waals surface area contributed by atoms with Crippen LogP contribution in [0.3, 0.4) is 0 Å². The molecule has 1 aliphatic rings. The van der Waals surface area contributed by atoms with Crippen LogP contribution < -0.4 is 0 Å². The van der Waals surface area contributed by atoms with Gasteiger partial charge in [0.05, 0.1) is 31.1 Å². The number of morpholine rings is 1. The van der Waals surface area contributed by atoms with Crippen molar-refractivity contribution in [3.63, 3.8) is 0 Å². The van der Waals surface area contributed by atoms with E-state index in [4.69, 9.17) is 9.47 Å². The largest absolute Gasteiger partial charge is 0.506 e. The number of hydrogen-bond acceptors (Lipinski definition) is 6. The number of nitrogens with one attached hydrogen (secondary N) is 1. The molecule has 0 spiro atoms. The third-order valence-electron chi connectivity index (χ3n) is 5.43. The highest BCUT2D eigenvalue weighted by atomic mass is 19.1. The Bertz CT molecular complexity index is 1200. The third kappa shape index (κ3) is 5.47. The summed E-state index contributed by atoms with van der Waals surface area (Å²) in [4.78, 5) is 22.2. The van der Waals surface area contributed by atoms with Crippen LogP contribution in [0.4, 0.5) is 10.1 Å². The van der Waals surface area contributed by atoms with Crippen molar-refractivity contribution in [1.82, 2.24) is 9.88 Å². The van der Waals surface area contributed by atoms with Crippen molar-refractivity contribution in [1.29, 1.82) is 0 Å². The van der Waals surface area contributed by atoms with Crippen molar-refractivity contribution in [2.45, 2.75) is 13.5 Å². The summed E-state index contributed by atoms with van der Waals surface area (Å²) < 4.78 is 25.1. The Labute approximate surface area is 191 Å². The van der Waals surface area contributed by atoms with Crippen LogP contribution in [0.2, 0.25) is 0 Å². The lowest BCUT2D eigenvalue weighted by Crippen LogP contribution is -2.35. The molecule has 8 heteroatoms. The molecule has 172 valence electrons. The molecule has 0 bridgehead atoms. The van der Waals surface area contributed by atoms with Crippen LogP contribution in [0, 0.1) is 5.82 Å². The van der Waals surface area contributed by atoms with Gasteiger partial charge in [0.2, 0.25) is 0 Å². The van der Waals surface area contributed by atoms with Crippen molar-refractivity contribution in [3.8, 4) is 0 Å². The van der Waals surface area contributed by atoms with E-state index in [2.05, 4.69) is 14.9 Å². The number of aromatic nitrogens is 1. The molecule has 0 radical (unpaired) electrons. The number of ether oxygens (including phenoxy) is 2. The molecule has 2 N–H and O–H groups in total. The second-order valence-electron chi connectivity index (χ2n) is 7.69. The average Bonchev–Trinajstić information content (AvgIpc) is 3.29. The molecule has 7 nitrogen and oxygen atoms in total. The maximum absolute atomic E-state index is 14.7. The van der Waals surface area contributed by atoms with Crippen molar-refractivity contribution in [2.24, 2.45) is 4.99 Å². The van der Waals surface area contributed by atoms with E-state index in [0.29, 0.717) is 25.4 Å². The molecule has 0 unspecified atom stereocenters. The first-order chi connectivity index (χ1) is 16.0. The molecular formula is C25H26FN3O4. The number of halogens is 1. The molecule has 0 aliphatic carbocycles. The Morgan fingerprint density at radius 3 is 2.85 bits per heavy atom. The first-order valence-electron chi connectivity index (χ1n) is 10.9. The lowest BCUT2D eigenvalue weighted by atomic mass is 10.0. The van der Waals surface area contributed by atoms with Crippen molar-refractivity contribution in [3.05, 3.63) is 71.2 Å². The van der Waals surface area contributed by atoms with Crippen molar-refractivity contribution >= 4 is 34.5 Å². The fourth-order valence-corrected chi connectivity index (χ4v) is 3.69. The van der Waals surface area contributed by atoms with E-state index in [1.54, 1.807) is 25.1 Å². The van der Waals surface area contributed by atoms with Crippen LogP contribution in [0.1, 0.15) is 18.1 Å². The summed E-state index contributed by atoms with van der Waals surface area (Å²) in [5.74, 6) is -1.93. The number of aliphatic hydroxyl groups is 1. The summed E-state index contributed by atoms with van der Waals surface area (Å²) in [5, 5.41) is 11.9. The van der Waals surface area contributed by atoms with Gasteiger partial charge < -0.3 is 19.6 Å². The van der Waals surface area contributed by atoms with E-state index in [1.165, 1.54) is 12.3 Å². The van der Waals surface area contributed by atoms with Gasteiger partial charge in [-0.25, -0.2) is 9.18 Å². The number of fused-ring (bicyclic) bond motifs is 1. The topological polar surface area (TPSA) is 87.1 Å². The molecule has 2 heterocycles. The minimum Gasteiger partial charge on any atom is -0.506 e. The Morgan fingerprint density at radius 2 is 2.06 bits per heavy atom. The third-order valence-corrected chi connectivity index (χ3v) is 5.43. The van der Waals surface area contributed by atoms with Gasteiger partial charge in [0.15, 0.2) is 0 Å². The number of nitrogens with zero attached hydrogens (tertiary/aromatic N) is 2. The summed E-state index contributed by atoms with van der Waals surface area (Å²) in [6, 6.07) is 11.9. The number of aliphatic hydroxyl groups excluding tert-OH is 1. The number of H-pyrrole nitrogens is 1. The Balaban J connectivity index is 1.67. The molecule has 4 rings (SSSR count). The number of aliphatic imine (C=N–C) groups is 1. The number of benzene rings is 2. The number of carbonyl (C=O) groups is 1. The SMILES string of the molecule is CCOC(=O)C(C=Nc1ccc2[nH]ccc2c1)=C(O)c1cc(CN2CCOCC2)ccc1F. The van der Waals surface area contributed by atoms with Gasteiger partial charge in [0.25, 0.3) is 0 Å². The van der Waals surface area contributed by atoms with Crippen LogP contribution in [0.25, 0.3) is 16.7 Å². The smallest absolute Gasteiger partial charge is 0.343 e. The van der Waals surface area contributed by atoms with Crippen LogP contribution in [0.5, 0.6) is 0 Å². The first kappa shape index (κ1) is 22.7. The summed E-state index contributed by atoms with van der Waals surface area (Å²) in [6.07, 6.45) is 3.04. The van der Waals surface area contributed by atoms with Crippen LogP contribution in [0.15, 0.2) is 59.2 Å². The molecule has 0 saturated carbocycles. The zero-order valence-electron chi connectivity index (χ0n) is 18.4. The molecule has 33 heavy (non-hydrogen) atoms. The van der Waals surface area contributed by atoms with Crippen molar-refractivity contribution < 1.29 is 23.8 Å². The van der Waals surface area contributed by atoms with Gasteiger partial charge in [-0.15, -0.1) is 0 Å². The van der Waals surface area contributed by atoms with E-state index in [0.717, 1.165) is 29.6 Å². The van der Waals surface area contributed by atoms with Gasteiger partial charge >= 0.3 is 5.97 Å². The van der Waals surface area contributed by atoms with Gasteiger partial charge in [-0.2, -0.15) is 0 Å². The second kappa shape index (κ2) is 10.4. The summed E-state index contributed by atoms with van der Waals surface area (Å²) in [5.41, 5.74) is 2.07. The van der Waals surface area contributed by atoms with E-state index in [-0.39, 0.29) is 17.7 Å². The summed E-state index contributed by atoms with van der Waals surface area (Å²) in [7, 11) is 0. The number of rotatable bonds is 7. The zero-order chi connectivity index (χ0) is 23.2. The fraction of sp³-hybridized carbons (Fsp3) is 0.280. The standard InChI is InChI=1S/C25H26FN3O4/c1-2-33-25(31)21(15-28-19-4-6-23-18(14-19)7-8-27-23)24(30)20-13-17(3-5-22(20)26)16-29-9-11-32-12-10-29/h3-8,13-15,27,30H,2,9-12,16H2,1H3. The van der Waals surface area contributed by atoms with Crippen LogP contribution in [-0.4, -0.2) is 60.1 Å². The summed E-state index contributed by atoms with van der Waals surface area (Å²) >= 11 is 0. The van der Waals surface area contributed by atoms with Gasteiger partial charge in [-0.1, -0.05) is 6.07 Å². The lowest BCUT2D eigenvalue weighted by molar-refractivity contribution is -0.137. The molecular weight excluding hydrogens is 425 g/mol. The fourth-order valence-electron chi connectivity index (χ4n) is 3.69. The Hall–Kier alpha value is -3.49. The molecule has 1 aromatic heterocycles. The molecule has 1 saturated heterocycles. The normalized spacial score (nSPS) is 15.7. The average molecular weight is 451 g/mol. The maximum atomic E-state index is 14.7. The second-order valence-corrected chi connectivity index (χ2v) is 7.69. The molecule has 1 fully saturated rings. The molecule has 1 aliphatic heterocycles. The van der Waals surface area contributed by atoms with E-state index in [1.807, 2.05) is 24.4 Å². The Morgan fingerprint density at radius 1 is 1.24 bits per heavy atom. The van der Waals surface area contributed by atoms with Gasteiger partial charge in [-0.3, -0.25) is 9.89 Å². The molecule has 2 aromatic carbocycles. The quantitative estimate of drug-likeness (QED) is 0.241. The number of esters is 1. The monoisotopic (exact) mass is 451 g/mol. The van der Waals surface area contributed by atoms with E-state index < -0.39 is 17.5 Å². The van der Waals surface area contributed by atoms with Crippen LogP contribution >= 0.6 is 0 Å². The highest BCUT2D eigenvalue weighted by Gasteiger charge is 2.20. The molecule has 3 aromatic rings. The maximum Gasteiger partial charge on any atom is 0.343 e.